The fourth-order valence-corrected chi connectivity index (χ4v) is 3.78. The number of hydrogen-bond donors (Lipinski definition) is 1. The molecule has 3 aromatic rings. The summed E-state index contributed by atoms with van der Waals surface area (Å²) >= 11 is 0. The van der Waals surface area contributed by atoms with E-state index >= 15 is 0 Å². The topological polar surface area (TPSA) is 32.3 Å². The molecule has 0 saturated carbocycles. The summed E-state index contributed by atoms with van der Waals surface area (Å²) in [5.74, 6) is 0.147. The van der Waals surface area contributed by atoms with Crippen LogP contribution in [0.3, 0.4) is 0 Å². The van der Waals surface area contributed by atoms with Gasteiger partial charge in [0, 0.05) is 18.3 Å². The Bertz CT molecular complexity index is 893. The van der Waals surface area contributed by atoms with E-state index in [9.17, 15) is 4.79 Å². The van der Waals surface area contributed by atoms with E-state index in [1.165, 1.54) is 16.7 Å². The number of benzene rings is 3. The number of carbonyl (C=O) groups excluding carboxylic acids is 1. The highest BCUT2D eigenvalue weighted by Gasteiger charge is 2.29. The molecule has 0 saturated heterocycles. The molecule has 0 spiro atoms. The van der Waals surface area contributed by atoms with Crippen molar-refractivity contribution < 1.29 is 4.79 Å². The van der Waals surface area contributed by atoms with E-state index in [0.29, 0.717) is 13.1 Å². The molecular weight excluding hydrogens is 332 g/mol. The Balaban J connectivity index is 1.52. The third-order valence-electron chi connectivity index (χ3n) is 5.21. The molecule has 1 amide bonds. The molecule has 1 heterocycles. The Morgan fingerprint density at radius 1 is 0.852 bits per heavy atom. The molecule has 1 atom stereocenters. The predicted octanol–water partition coefficient (Wildman–Crippen LogP) is 4.29. The van der Waals surface area contributed by atoms with Crippen LogP contribution in [0.1, 0.15) is 16.7 Å². The molecule has 1 aliphatic rings. The highest BCUT2D eigenvalue weighted by molar-refractivity contribution is 5.81. The van der Waals surface area contributed by atoms with Crippen LogP contribution in [0.5, 0.6) is 0 Å². The average molecular weight is 356 g/mol. The van der Waals surface area contributed by atoms with Crippen LogP contribution in [0.15, 0.2) is 84.9 Å². The van der Waals surface area contributed by atoms with Crippen LogP contribution in [-0.4, -0.2) is 23.4 Å². The zero-order valence-corrected chi connectivity index (χ0v) is 15.3. The van der Waals surface area contributed by atoms with Crippen molar-refractivity contribution in [2.24, 2.45) is 0 Å². The third-order valence-corrected chi connectivity index (χ3v) is 5.21. The normalized spacial score (nSPS) is 15.9. The molecule has 3 nitrogen and oxygen atoms in total. The van der Waals surface area contributed by atoms with Gasteiger partial charge in [-0.05, 0) is 41.7 Å². The third kappa shape index (κ3) is 4.20. The van der Waals surface area contributed by atoms with Crippen LogP contribution in [0.2, 0.25) is 0 Å². The summed E-state index contributed by atoms with van der Waals surface area (Å²) in [5, 5.41) is 3.26. The number of para-hydroxylation sites is 1. The maximum absolute atomic E-state index is 13.0. The number of carbonyl (C=O) groups is 1. The Labute approximate surface area is 160 Å². The first-order valence-electron chi connectivity index (χ1n) is 9.49. The van der Waals surface area contributed by atoms with Gasteiger partial charge in [-0.1, -0.05) is 72.8 Å². The smallest absolute Gasteiger partial charge is 0.242 e. The molecule has 1 unspecified atom stereocenters. The van der Waals surface area contributed by atoms with Crippen LogP contribution in [-0.2, 0) is 24.2 Å². The Kier molecular flexibility index (Phi) is 5.20. The maximum atomic E-state index is 13.0. The van der Waals surface area contributed by atoms with E-state index in [1.54, 1.807) is 0 Å². The van der Waals surface area contributed by atoms with E-state index in [4.69, 9.17) is 0 Å². The van der Waals surface area contributed by atoms with E-state index in [0.717, 1.165) is 18.5 Å². The summed E-state index contributed by atoms with van der Waals surface area (Å²) in [4.78, 5) is 15.1. The number of nitrogens with one attached hydrogen (secondary N) is 1. The lowest BCUT2D eigenvalue weighted by Gasteiger charge is -2.37. The molecular formula is C24H24N2O. The molecule has 1 N–H and O–H groups in total. The van der Waals surface area contributed by atoms with Crippen LogP contribution in [0.4, 0.5) is 5.69 Å². The van der Waals surface area contributed by atoms with Gasteiger partial charge in [0.15, 0.2) is 0 Å². The summed E-state index contributed by atoms with van der Waals surface area (Å²) in [6, 6.07) is 29.0. The van der Waals surface area contributed by atoms with Gasteiger partial charge < -0.3 is 10.2 Å². The Hall–Kier alpha value is -3.07. The highest BCUT2D eigenvalue weighted by Crippen LogP contribution is 2.25. The standard InChI is InChI=1S/C24H24N2O/c27-24(17-25-22-13-5-2-6-14-22)26-18-21-12-8-7-11-20(21)16-23(26)15-19-9-3-1-4-10-19/h1-14,23,25H,15-18H2. The second-order valence-electron chi connectivity index (χ2n) is 7.06. The number of fused-ring (bicyclic) bond motifs is 1. The molecule has 0 bridgehead atoms. The van der Waals surface area contributed by atoms with Gasteiger partial charge >= 0.3 is 0 Å². The first kappa shape index (κ1) is 17.3. The maximum Gasteiger partial charge on any atom is 0.242 e. The number of rotatable bonds is 5. The van der Waals surface area contributed by atoms with Gasteiger partial charge in [-0.3, -0.25) is 4.79 Å². The van der Waals surface area contributed by atoms with Gasteiger partial charge in [0.05, 0.1) is 6.54 Å². The molecule has 136 valence electrons. The van der Waals surface area contributed by atoms with Gasteiger partial charge in [-0.15, -0.1) is 0 Å². The number of nitrogens with zero attached hydrogens (tertiary/aromatic N) is 1. The molecule has 3 heteroatoms. The first-order chi connectivity index (χ1) is 13.3. The molecule has 0 aliphatic carbocycles. The van der Waals surface area contributed by atoms with Crippen molar-refractivity contribution in [2.45, 2.75) is 25.4 Å². The van der Waals surface area contributed by atoms with Crippen molar-refractivity contribution in [2.75, 3.05) is 11.9 Å². The van der Waals surface area contributed by atoms with Gasteiger partial charge in [-0.25, -0.2) is 0 Å². The Morgan fingerprint density at radius 2 is 1.48 bits per heavy atom. The summed E-state index contributed by atoms with van der Waals surface area (Å²) < 4.78 is 0. The minimum atomic E-state index is 0.147. The summed E-state index contributed by atoms with van der Waals surface area (Å²) in [5.41, 5.74) is 4.87. The van der Waals surface area contributed by atoms with Crippen molar-refractivity contribution in [1.29, 1.82) is 0 Å². The van der Waals surface area contributed by atoms with E-state index in [-0.39, 0.29) is 11.9 Å². The zero-order valence-electron chi connectivity index (χ0n) is 15.3. The molecule has 27 heavy (non-hydrogen) atoms. The quantitative estimate of drug-likeness (QED) is 0.739. The monoisotopic (exact) mass is 356 g/mol. The lowest BCUT2D eigenvalue weighted by molar-refractivity contribution is -0.132. The molecule has 0 fully saturated rings. The van der Waals surface area contributed by atoms with Crippen molar-refractivity contribution in [3.8, 4) is 0 Å². The number of hydrogen-bond acceptors (Lipinski definition) is 2. The van der Waals surface area contributed by atoms with Gasteiger partial charge in [0.1, 0.15) is 0 Å². The summed E-state index contributed by atoms with van der Waals surface area (Å²) in [6.07, 6.45) is 1.79. The summed E-state index contributed by atoms with van der Waals surface area (Å²) in [7, 11) is 0. The molecule has 3 aromatic carbocycles. The second kappa shape index (κ2) is 8.09. The first-order valence-corrected chi connectivity index (χ1v) is 9.49. The van der Waals surface area contributed by atoms with Gasteiger partial charge in [0.25, 0.3) is 0 Å². The second-order valence-corrected chi connectivity index (χ2v) is 7.06. The molecule has 0 radical (unpaired) electrons. The van der Waals surface area contributed by atoms with E-state index in [1.807, 2.05) is 41.3 Å². The van der Waals surface area contributed by atoms with Crippen molar-refractivity contribution in [1.82, 2.24) is 4.90 Å². The van der Waals surface area contributed by atoms with Crippen LogP contribution in [0.25, 0.3) is 0 Å². The van der Waals surface area contributed by atoms with Crippen LogP contribution in [0, 0.1) is 0 Å². The zero-order chi connectivity index (χ0) is 18.5. The minimum absolute atomic E-state index is 0.147. The van der Waals surface area contributed by atoms with E-state index in [2.05, 4.69) is 53.8 Å². The van der Waals surface area contributed by atoms with E-state index < -0.39 is 0 Å². The van der Waals surface area contributed by atoms with Crippen molar-refractivity contribution in [3.05, 3.63) is 102 Å². The van der Waals surface area contributed by atoms with Crippen molar-refractivity contribution >= 4 is 11.6 Å². The average Bonchev–Trinajstić information content (AvgIpc) is 2.73. The SMILES string of the molecule is O=C(CNc1ccccc1)N1Cc2ccccc2CC1Cc1ccccc1. The van der Waals surface area contributed by atoms with Crippen LogP contribution >= 0.6 is 0 Å². The number of anilines is 1. The summed E-state index contributed by atoms with van der Waals surface area (Å²) in [6.45, 7) is 1.00. The van der Waals surface area contributed by atoms with Crippen LogP contribution < -0.4 is 5.32 Å². The van der Waals surface area contributed by atoms with Gasteiger partial charge in [0.2, 0.25) is 5.91 Å². The molecule has 4 rings (SSSR count). The lowest BCUT2D eigenvalue weighted by Crippen LogP contribution is -2.47. The molecule has 0 aromatic heterocycles. The Morgan fingerprint density at radius 3 is 2.22 bits per heavy atom. The predicted molar refractivity (Wildman–Crippen MR) is 110 cm³/mol. The fourth-order valence-electron chi connectivity index (χ4n) is 3.78. The molecule has 1 aliphatic heterocycles. The highest BCUT2D eigenvalue weighted by atomic mass is 16.2. The fraction of sp³-hybridized carbons (Fsp3) is 0.208. The van der Waals surface area contributed by atoms with Crippen molar-refractivity contribution in [3.63, 3.8) is 0 Å². The number of amides is 1. The largest absolute Gasteiger partial charge is 0.376 e. The van der Waals surface area contributed by atoms with Gasteiger partial charge in [-0.2, -0.15) is 0 Å². The lowest BCUT2D eigenvalue weighted by atomic mass is 9.90. The minimum Gasteiger partial charge on any atom is -0.376 e.